The second-order valence-corrected chi connectivity index (χ2v) is 5.63. The van der Waals surface area contributed by atoms with Crippen molar-refractivity contribution in [1.82, 2.24) is 30.4 Å². The third-order valence-corrected chi connectivity index (χ3v) is 4.07. The van der Waals surface area contributed by atoms with Crippen LogP contribution in [0.15, 0.2) is 30.3 Å². The van der Waals surface area contributed by atoms with Crippen LogP contribution in [0.3, 0.4) is 0 Å². The summed E-state index contributed by atoms with van der Waals surface area (Å²) in [5.41, 5.74) is 1.24. The second kappa shape index (κ2) is 7.08. The van der Waals surface area contributed by atoms with Crippen molar-refractivity contribution in [1.29, 1.82) is 0 Å². The minimum atomic E-state index is 0.0775. The van der Waals surface area contributed by atoms with Gasteiger partial charge in [-0.3, -0.25) is 0 Å². The fourth-order valence-corrected chi connectivity index (χ4v) is 2.67. The summed E-state index contributed by atoms with van der Waals surface area (Å²) in [5.74, 6) is 0.592. The van der Waals surface area contributed by atoms with Gasteiger partial charge in [0.15, 0.2) is 0 Å². The highest BCUT2D eigenvalue weighted by Crippen LogP contribution is 2.10. The van der Waals surface area contributed by atoms with Crippen molar-refractivity contribution in [3.63, 3.8) is 0 Å². The maximum absolute atomic E-state index is 12.5. The van der Waals surface area contributed by atoms with Crippen LogP contribution in [0.5, 0.6) is 0 Å². The number of aromatic amines is 1. The van der Waals surface area contributed by atoms with E-state index in [9.17, 15) is 4.79 Å². The molecule has 0 aliphatic carbocycles. The molecule has 122 valence electrons. The van der Waals surface area contributed by atoms with E-state index in [1.54, 1.807) is 4.90 Å². The smallest absolute Gasteiger partial charge is 0.319 e. The van der Waals surface area contributed by atoms with Gasteiger partial charge in [0.05, 0.1) is 0 Å². The summed E-state index contributed by atoms with van der Waals surface area (Å²) >= 11 is 0. The Bertz CT molecular complexity index is 608. The maximum atomic E-state index is 12.5. The maximum Gasteiger partial charge on any atom is 0.319 e. The van der Waals surface area contributed by atoms with Crippen molar-refractivity contribution in [2.24, 2.45) is 0 Å². The zero-order valence-corrected chi connectivity index (χ0v) is 13.2. The summed E-state index contributed by atoms with van der Waals surface area (Å²) in [7, 11) is 1.86. The number of carbonyl (C=O) groups is 1. The van der Waals surface area contributed by atoms with E-state index >= 15 is 0 Å². The van der Waals surface area contributed by atoms with Gasteiger partial charge in [0.1, 0.15) is 0 Å². The van der Waals surface area contributed by atoms with E-state index in [1.807, 2.05) is 35.0 Å². The molecule has 1 N–H and O–H groups in total. The summed E-state index contributed by atoms with van der Waals surface area (Å²) in [6.45, 7) is 3.50. The first-order valence-electron chi connectivity index (χ1n) is 7.76. The standard InChI is InChI=1S/C15H21N7O/c1-20(8-7-13-5-3-2-4-6-13)15(23)22-11-9-21(10-12-22)14-16-18-19-17-14/h2-6H,7-12H2,1H3,(H,16,17,18,19). The fraction of sp³-hybridized carbons (Fsp3) is 0.467. The van der Waals surface area contributed by atoms with Crippen LogP contribution in [0, 0.1) is 0 Å². The first kappa shape index (κ1) is 15.3. The zero-order chi connectivity index (χ0) is 16.1. The fourth-order valence-electron chi connectivity index (χ4n) is 2.67. The largest absolute Gasteiger partial charge is 0.335 e. The molecule has 1 saturated heterocycles. The molecule has 1 aliphatic rings. The van der Waals surface area contributed by atoms with Crippen LogP contribution in [0.2, 0.25) is 0 Å². The van der Waals surface area contributed by atoms with Crippen LogP contribution in [0.25, 0.3) is 0 Å². The van der Waals surface area contributed by atoms with Gasteiger partial charge in [0.25, 0.3) is 5.95 Å². The van der Waals surface area contributed by atoms with Gasteiger partial charge in [-0.05, 0) is 17.2 Å². The Morgan fingerprint density at radius 1 is 1.22 bits per heavy atom. The number of amides is 2. The molecule has 8 heteroatoms. The summed E-state index contributed by atoms with van der Waals surface area (Å²) in [4.78, 5) is 18.2. The van der Waals surface area contributed by atoms with Crippen LogP contribution in [-0.2, 0) is 6.42 Å². The van der Waals surface area contributed by atoms with Gasteiger partial charge in [-0.25, -0.2) is 4.79 Å². The van der Waals surface area contributed by atoms with Crippen molar-refractivity contribution in [2.75, 3.05) is 44.7 Å². The highest BCUT2D eigenvalue weighted by molar-refractivity contribution is 5.74. The Balaban J connectivity index is 1.47. The number of piperazine rings is 1. The van der Waals surface area contributed by atoms with Gasteiger partial charge < -0.3 is 14.7 Å². The normalized spacial score (nSPS) is 14.8. The number of aromatic nitrogens is 4. The molecule has 8 nitrogen and oxygen atoms in total. The van der Waals surface area contributed by atoms with Crippen molar-refractivity contribution >= 4 is 12.0 Å². The van der Waals surface area contributed by atoms with E-state index in [0.29, 0.717) is 25.6 Å². The molecule has 0 unspecified atom stereocenters. The number of anilines is 1. The van der Waals surface area contributed by atoms with Crippen molar-refractivity contribution in [3.8, 4) is 0 Å². The lowest BCUT2D eigenvalue weighted by atomic mass is 10.1. The van der Waals surface area contributed by atoms with E-state index in [4.69, 9.17) is 0 Å². The van der Waals surface area contributed by atoms with Gasteiger partial charge in [0.2, 0.25) is 0 Å². The van der Waals surface area contributed by atoms with E-state index < -0.39 is 0 Å². The molecular formula is C15H21N7O. The zero-order valence-electron chi connectivity index (χ0n) is 13.2. The van der Waals surface area contributed by atoms with Gasteiger partial charge in [-0.1, -0.05) is 35.4 Å². The van der Waals surface area contributed by atoms with Crippen molar-refractivity contribution in [2.45, 2.75) is 6.42 Å². The Morgan fingerprint density at radius 3 is 2.61 bits per heavy atom. The average molecular weight is 315 g/mol. The predicted octanol–water partition coefficient (Wildman–Crippen LogP) is 0.616. The minimum absolute atomic E-state index is 0.0775. The molecule has 0 saturated carbocycles. The van der Waals surface area contributed by atoms with Gasteiger partial charge in [-0.15, -0.1) is 5.10 Å². The quantitative estimate of drug-likeness (QED) is 0.894. The van der Waals surface area contributed by atoms with Gasteiger partial charge in [0, 0.05) is 39.8 Å². The number of hydrogen-bond donors (Lipinski definition) is 1. The van der Waals surface area contributed by atoms with Gasteiger partial charge >= 0.3 is 6.03 Å². The Morgan fingerprint density at radius 2 is 1.96 bits per heavy atom. The molecule has 0 atom stereocenters. The number of benzene rings is 1. The summed E-state index contributed by atoms with van der Waals surface area (Å²) in [5, 5.41) is 14.0. The van der Waals surface area contributed by atoms with Crippen LogP contribution in [0.1, 0.15) is 5.56 Å². The van der Waals surface area contributed by atoms with E-state index in [-0.39, 0.29) is 6.03 Å². The molecule has 0 radical (unpaired) electrons. The molecule has 0 bridgehead atoms. The number of hydrogen-bond acceptors (Lipinski definition) is 5. The lowest BCUT2D eigenvalue weighted by molar-refractivity contribution is 0.160. The monoisotopic (exact) mass is 315 g/mol. The highest BCUT2D eigenvalue weighted by Gasteiger charge is 2.24. The predicted molar refractivity (Wildman–Crippen MR) is 86.1 cm³/mol. The van der Waals surface area contributed by atoms with Crippen LogP contribution in [-0.4, -0.2) is 76.2 Å². The van der Waals surface area contributed by atoms with Crippen LogP contribution < -0.4 is 4.90 Å². The topological polar surface area (TPSA) is 81.3 Å². The lowest BCUT2D eigenvalue weighted by Crippen LogP contribution is -2.52. The van der Waals surface area contributed by atoms with Crippen LogP contribution >= 0.6 is 0 Å². The van der Waals surface area contributed by atoms with Gasteiger partial charge in [-0.2, -0.15) is 5.21 Å². The summed E-state index contributed by atoms with van der Waals surface area (Å²) in [6, 6.07) is 10.3. The number of rotatable bonds is 4. The number of likely N-dealkylation sites (N-methyl/N-ethyl adjacent to an activating group) is 1. The number of nitrogens with one attached hydrogen (secondary N) is 1. The number of urea groups is 1. The number of carbonyl (C=O) groups excluding carboxylic acids is 1. The molecule has 1 aliphatic heterocycles. The van der Waals surface area contributed by atoms with E-state index in [2.05, 4.69) is 32.8 Å². The minimum Gasteiger partial charge on any atom is -0.335 e. The third kappa shape index (κ3) is 3.77. The highest BCUT2D eigenvalue weighted by atomic mass is 16.2. The average Bonchev–Trinajstić information content (AvgIpc) is 3.15. The molecule has 1 aromatic heterocycles. The number of nitrogens with zero attached hydrogens (tertiary/aromatic N) is 6. The molecule has 1 fully saturated rings. The molecule has 2 aromatic rings. The number of H-pyrrole nitrogens is 1. The molecular weight excluding hydrogens is 294 g/mol. The summed E-state index contributed by atoms with van der Waals surface area (Å²) < 4.78 is 0. The second-order valence-electron chi connectivity index (χ2n) is 5.63. The molecule has 2 amide bonds. The summed E-state index contributed by atoms with van der Waals surface area (Å²) in [6.07, 6.45) is 0.867. The van der Waals surface area contributed by atoms with E-state index in [1.165, 1.54) is 5.56 Å². The SMILES string of the molecule is CN(CCc1ccccc1)C(=O)N1CCN(c2nn[nH]n2)CC1. The van der Waals surface area contributed by atoms with Crippen LogP contribution in [0.4, 0.5) is 10.7 Å². The molecule has 3 rings (SSSR count). The van der Waals surface area contributed by atoms with E-state index in [0.717, 1.165) is 19.5 Å². The number of tetrazole rings is 1. The molecule has 23 heavy (non-hydrogen) atoms. The molecule has 2 heterocycles. The Kier molecular flexibility index (Phi) is 4.70. The Labute approximate surface area is 135 Å². The van der Waals surface area contributed by atoms with Crippen molar-refractivity contribution in [3.05, 3.63) is 35.9 Å². The van der Waals surface area contributed by atoms with Crippen molar-refractivity contribution < 1.29 is 4.79 Å². The first-order chi connectivity index (χ1) is 11.2. The molecule has 0 spiro atoms. The first-order valence-corrected chi connectivity index (χ1v) is 7.76. The lowest BCUT2D eigenvalue weighted by Gasteiger charge is -2.36. The Hall–Kier alpha value is -2.64. The third-order valence-electron chi connectivity index (χ3n) is 4.07. The molecule has 1 aromatic carbocycles.